The van der Waals surface area contributed by atoms with Gasteiger partial charge in [0.25, 0.3) is 0 Å². The summed E-state index contributed by atoms with van der Waals surface area (Å²) in [6.07, 6.45) is 0. The van der Waals surface area contributed by atoms with Gasteiger partial charge in [-0.15, -0.1) is 38.2 Å². The molecule has 0 N–H and O–H groups in total. The van der Waals surface area contributed by atoms with Crippen LogP contribution in [0.15, 0.2) is 106 Å². The van der Waals surface area contributed by atoms with E-state index < -0.39 is 0 Å². The Bertz CT molecular complexity index is 4320. The van der Waals surface area contributed by atoms with Crippen molar-refractivity contribution in [1.82, 2.24) is 19.5 Å². The molecule has 0 spiro atoms. The fourth-order valence-corrected chi connectivity index (χ4v) is 9.82. The molecular formula is C51H16B14N4O2. The number of furan rings is 2. The highest BCUT2D eigenvalue weighted by atomic mass is 16.3. The summed E-state index contributed by atoms with van der Waals surface area (Å²) in [5, 5.41) is 5.88. The second-order valence-corrected chi connectivity index (χ2v) is 17.4. The Balaban J connectivity index is 1.07. The molecule has 71 heavy (non-hydrogen) atoms. The van der Waals surface area contributed by atoms with Crippen molar-refractivity contribution in [2.45, 2.75) is 0 Å². The zero-order chi connectivity index (χ0) is 49.6. The minimum atomic E-state index is -0.105. The number of hydrogen-bond donors (Lipinski definition) is 0. The Morgan fingerprint density at radius 3 is 1.39 bits per heavy atom. The van der Waals surface area contributed by atoms with E-state index in [1.54, 1.807) is 6.07 Å². The topological polar surface area (TPSA) is 69.9 Å². The summed E-state index contributed by atoms with van der Waals surface area (Å²) in [6, 6.07) is 32.2. The Hall–Kier alpha value is -6.92. The van der Waals surface area contributed by atoms with E-state index in [2.05, 4.69) is 41.0 Å². The van der Waals surface area contributed by atoms with Gasteiger partial charge in [-0.25, -0.2) is 15.0 Å². The summed E-state index contributed by atoms with van der Waals surface area (Å²) >= 11 is 0. The lowest BCUT2D eigenvalue weighted by atomic mass is 9.56. The first kappa shape index (κ1) is 45.2. The molecule has 12 aromatic rings. The lowest BCUT2D eigenvalue weighted by Gasteiger charge is -2.28. The minimum absolute atomic E-state index is 0.0141. The van der Waals surface area contributed by atoms with Gasteiger partial charge in [-0.2, -0.15) is 0 Å². The van der Waals surface area contributed by atoms with Crippen LogP contribution in [0, 0.1) is 0 Å². The Morgan fingerprint density at radius 1 is 0.324 bits per heavy atom. The molecule has 20 heteroatoms. The van der Waals surface area contributed by atoms with E-state index in [4.69, 9.17) is 134 Å². The predicted octanol–water partition coefficient (Wildman–Crippen LogP) is -3.45. The molecular weight excluding hydrogens is 852 g/mol. The van der Waals surface area contributed by atoms with Crippen molar-refractivity contribution in [2.24, 2.45) is 0 Å². The second-order valence-electron chi connectivity index (χ2n) is 17.4. The monoisotopic (exact) mass is 870 g/mol. The zero-order valence-electron chi connectivity index (χ0n) is 37.4. The normalized spacial score (nSPS) is 11.9. The van der Waals surface area contributed by atoms with Crippen molar-refractivity contribution in [3.63, 3.8) is 0 Å². The highest BCUT2D eigenvalue weighted by molar-refractivity contribution is 6.71. The molecule has 4 aromatic heterocycles. The van der Waals surface area contributed by atoms with Crippen LogP contribution < -0.4 is 76.5 Å². The Kier molecular flexibility index (Phi) is 10.4. The van der Waals surface area contributed by atoms with Crippen LogP contribution in [0.1, 0.15) is 0 Å². The number of para-hydroxylation sites is 2. The van der Waals surface area contributed by atoms with Crippen LogP contribution in [-0.2, 0) is 0 Å². The first-order valence-corrected chi connectivity index (χ1v) is 21.9. The third-order valence-corrected chi connectivity index (χ3v) is 13.5. The Morgan fingerprint density at radius 2 is 0.761 bits per heavy atom. The van der Waals surface area contributed by atoms with Crippen LogP contribution in [0.25, 0.3) is 117 Å². The molecule has 0 saturated heterocycles. The van der Waals surface area contributed by atoms with Gasteiger partial charge in [0.15, 0.2) is 23.1 Å². The van der Waals surface area contributed by atoms with E-state index >= 15 is 0 Å². The molecule has 8 aromatic carbocycles. The van der Waals surface area contributed by atoms with Gasteiger partial charge in [0.05, 0.1) is 16.7 Å². The van der Waals surface area contributed by atoms with Crippen molar-refractivity contribution in [3.8, 4) is 51.0 Å². The quantitative estimate of drug-likeness (QED) is 0.169. The fourth-order valence-electron chi connectivity index (χ4n) is 9.82. The van der Waals surface area contributed by atoms with Crippen molar-refractivity contribution in [3.05, 3.63) is 97.1 Å². The lowest BCUT2D eigenvalue weighted by molar-refractivity contribution is 0.668. The summed E-state index contributed by atoms with van der Waals surface area (Å²) in [7, 11) is 90.8. The predicted molar refractivity (Wildman–Crippen MR) is 306 cm³/mol. The molecule has 294 valence electrons. The molecule has 0 atom stereocenters. The van der Waals surface area contributed by atoms with Crippen LogP contribution in [0.4, 0.5) is 0 Å². The molecule has 0 unspecified atom stereocenters. The van der Waals surface area contributed by atoms with Crippen molar-refractivity contribution in [1.29, 1.82) is 0 Å². The average molecular weight is 868 g/mol. The molecule has 0 aliphatic carbocycles. The first-order valence-electron chi connectivity index (χ1n) is 21.9. The van der Waals surface area contributed by atoms with Gasteiger partial charge in [-0.1, -0.05) is 86.8 Å². The maximum atomic E-state index is 7.00. The van der Waals surface area contributed by atoms with E-state index in [0.717, 1.165) is 60.2 Å². The van der Waals surface area contributed by atoms with Gasteiger partial charge in [0.1, 0.15) is 127 Å². The van der Waals surface area contributed by atoms with Gasteiger partial charge in [-0.3, -0.25) is 0 Å². The van der Waals surface area contributed by atoms with Crippen molar-refractivity contribution >= 4 is 252 Å². The Labute approximate surface area is 426 Å². The fraction of sp³-hybridized carbons (Fsp3) is 0. The van der Waals surface area contributed by atoms with Gasteiger partial charge >= 0.3 is 0 Å². The second kappa shape index (κ2) is 16.3. The zero-order valence-corrected chi connectivity index (χ0v) is 37.4. The van der Waals surface area contributed by atoms with Crippen LogP contribution in [0.5, 0.6) is 0 Å². The summed E-state index contributed by atoms with van der Waals surface area (Å²) in [4.78, 5) is 14.6. The van der Waals surface area contributed by atoms with Crippen LogP contribution in [-0.4, -0.2) is 129 Å². The first-order chi connectivity index (χ1) is 34.0. The maximum absolute atomic E-state index is 7.00. The highest BCUT2D eigenvalue weighted by Gasteiger charge is 2.26. The number of rotatable bonds is 5. The maximum Gasteiger partial charge on any atom is 0.164 e. The molecule has 28 radical (unpaired) electrons. The van der Waals surface area contributed by atoms with E-state index in [9.17, 15) is 0 Å². The van der Waals surface area contributed by atoms with Crippen molar-refractivity contribution < 1.29 is 8.83 Å². The van der Waals surface area contributed by atoms with Crippen molar-refractivity contribution in [2.75, 3.05) is 0 Å². The molecule has 6 nitrogen and oxygen atoms in total. The smallest absolute Gasteiger partial charge is 0.164 e. The third-order valence-electron chi connectivity index (χ3n) is 13.5. The third kappa shape index (κ3) is 6.51. The van der Waals surface area contributed by atoms with E-state index in [1.165, 1.54) is 0 Å². The number of hydrogen-bond acceptors (Lipinski definition) is 5. The van der Waals surface area contributed by atoms with Gasteiger partial charge in [0.2, 0.25) is 0 Å². The van der Waals surface area contributed by atoms with Gasteiger partial charge in [-0.05, 0) is 53.6 Å². The summed E-state index contributed by atoms with van der Waals surface area (Å²) < 4.78 is 15.5. The standard InChI is InChI=1S/C51H16B14N4O2/c52-33-29(30-35(54)41(60)45(64)42(61)36(30)55)34(53)40(59)37(56)31(33)50-66-49(67-51(68-50)32-38(57)43(62)46(65)44(63)39(32)58)17-9-11-21-22-12-10-18(16-28(22)70-27(21)15-17)69-25-7-3-1-5-19(25)23-13-14-24-20-6-2-4-8-26(20)71-48(24)47(23)69/h1-16H. The van der Waals surface area contributed by atoms with Gasteiger partial charge < -0.3 is 13.4 Å². The average Bonchev–Trinajstić information content (AvgIpc) is 4.06. The molecule has 0 fully saturated rings. The van der Waals surface area contributed by atoms with Gasteiger partial charge in [0, 0.05) is 55.1 Å². The summed E-state index contributed by atoms with van der Waals surface area (Å²) in [5.74, 6) is -0.0850. The van der Waals surface area contributed by atoms with E-state index in [0.29, 0.717) is 16.7 Å². The molecule has 0 amide bonds. The van der Waals surface area contributed by atoms with Crippen LogP contribution in [0.2, 0.25) is 0 Å². The SMILES string of the molecule is [B]c1c([B])c([B])c(-c2nc(-c3ccc4c(c3)oc3cc(-n5c6ccccc6c6ccc7c8ccccc8oc7c65)ccc34)nc(-c3c([B])c([B])c([B])c(-c4c([B])c([B])c([B])c([B])c4[B])c3[B])n2)c([B])c1[B]. The number of aromatic nitrogens is 4. The largest absolute Gasteiger partial charge is 0.456 e. The van der Waals surface area contributed by atoms with E-state index in [-0.39, 0.29) is 116 Å². The molecule has 12 rings (SSSR count). The molecule has 0 aliphatic rings. The number of fused-ring (bicyclic) bond motifs is 10. The number of nitrogens with zero attached hydrogens (tertiary/aromatic N) is 4. The minimum Gasteiger partial charge on any atom is -0.456 e. The lowest BCUT2D eigenvalue weighted by Crippen LogP contribution is -2.57. The molecule has 0 bridgehead atoms. The highest BCUT2D eigenvalue weighted by Crippen LogP contribution is 2.41. The summed E-state index contributed by atoms with van der Waals surface area (Å²) in [5.41, 5.74) is 5.42. The van der Waals surface area contributed by atoms with Crippen LogP contribution >= 0.6 is 0 Å². The van der Waals surface area contributed by atoms with E-state index in [1.807, 2.05) is 54.6 Å². The number of benzene rings is 8. The molecule has 0 aliphatic heterocycles. The summed E-state index contributed by atoms with van der Waals surface area (Å²) in [6.45, 7) is 0. The molecule has 4 heterocycles. The molecule has 0 saturated carbocycles. The van der Waals surface area contributed by atoms with Crippen LogP contribution in [0.3, 0.4) is 0 Å².